The largest absolute Gasteiger partial charge is 0.505 e. The van der Waals surface area contributed by atoms with Crippen molar-refractivity contribution in [3.05, 3.63) is 46.2 Å². The lowest BCUT2D eigenvalue weighted by Gasteiger charge is -2.06. The minimum Gasteiger partial charge on any atom is -0.505 e. The van der Waals surface area contributed by atoms with Gasteiger partial charge in [0.2, 0.25) is 0 Å². The van der Waals surface area contributed by atoms with Crippen molar-refractivity contribution >= 4 is 45.9 Å². The molecule has 0 aliphatic rings. The van der Waals surface area contributed by atoms with Crippen LogP contribution >= 0.6 is 23.1 Å². The molecule has 2 aromatic heterocycles. The van der Waals surface area contributed by atoms with Crippen LogP contribution in [0.2, 0.25) is 0 Å². The van der Waals surface area contributed by atoms with E-state index in [9.17, 15) is 19.1 Å². The highest BCUT2D eigenvalue weighted by Gasteiger charge is 2.23. The van der Waals surface area contributed by atoms with Crippen LogP contribution in [0.1, 0.15) is 21.6 Å². The van der Waals surface area contributed by atoms with Gasteiger partial charge in [0.05, 0.1) is 21.7 Å². The van der Waals surface area contributed by atoms with Crippen LogP contribution in [-0.2, 0) is 11.2 Å². The summed E-state index contributed by atoms with van der Waals surface area (Å²) >= 11 is 2.94. The number of carboxylic acids is 1. The zero-order valence-corrected chi connectivity index (χ0v) is 15.0. The minimum atomic E-state index is -1.07. The lowest BCUT2D eigenvalue weighted by atomic mass is 10.1. The number of carbonyl (C=O) groups is 2. The van der Waals surface area contributed by atoms with E-state index >= 15 is 0 Å². The maximum Gasteiger partial charge on any atom is 0.307 e. The molecule has 0 amide bonds. The Balaban J connectivity index is 2.26. The van der Waals surface area contributed by atoms with Gasteiger partial charge in [-0.3, -0.25) is 14.2 Å². The first-order valence-corrected chi connectivity index (χ1v) is 9.35. The summed E-state index contributed by atoms with van der Waals surface area (Å²) in [6.07, 6.45) is 1.58. The predicted molar refractivity (Wildman–Crippen MR) is 95.5 cm³/mol. The molecular formula is C17H14FNO4S2. The van der Waals surface area contributed by atoms with Gasteiger partial charge in [0, 0.05) is 22.5 Å². The second-order valence-electron chi connectivity index (χ2n) is 5.45. The average molecular weight is 379 g/mol. The van der Waals surface area contributed by atoms with Crippen LogP contribution in [0.3, 0.4) is 0 Å². The third kappa shape index (κ3) is 3.03. The van der Waals surface area contributed by atoms with E-state index in [0.29, 0.717) is 22.2 Å². The summed E-state index contributed by atoms with van der Waals surface area (Å²) < 4.78 is 16.1. The van der Waals surface area contributed by atoms with E-state index < -0.39 is 17.5 Å². The van der Waals surface area contributed by atoms with Gasteiger partial charge in [-0.05, 0) is 30.9 Å². The Bertz CT molecular complexity index is 1010. The number of aromatic nitrogens is 1. The Hall–Kier alpha value is -2.32. The van der Waals surface area contributed by atoms with Crippen LogP contribution in [0.15, 0.2) is 27.8 Å². The van der Waals surface area contributed by atoms with Gasteiger partial charge in [-0.15, -0.1) is 23.1 Å². The van der Waals surface area contributed by atoms with Gasteiger partial charge in [-0.25, -0.2) is 4.39 Å². The number of halogens is 1. The van der Waals surface area contributed by atoms with E-state index in [1.54, 1.807) is 18.4 Å². The molecule has 0 aliphatic heterocycles. The fraction of sp³-hybridized carbons (Fsp3) is 0.176. The smallest absolute Gasteiger partial charge is 0.307 e. The third-order valence-corrected chi connectivity index (χ3v) is 5.99. The molecule has 130 valence electrons. The molecule has 5 nitrogen and oxygen atoms in total. The molecule has 0 atom stereocenters. The van der Waals surface area contributed by atoms with Crippen molar-refractivity contribution in [1.82, 2.24) is 4.57 Å². The molecule has 1 aromatic carbocycles. The van der Waals surface area contributed by atoms with Gasteiger partial charge in [0.1, 0.15) is 0 Å². The van der Waals surface area contributed by atoms with Crippen LogP contribution in [0.5, 0.6) is 5.75 Å². The van der Waals surface area contributed by atoms with Crippen LogP contribution in [0.4, 0.5) is 4.39 Å². The molecule has 0 spiro atoms. The van der Waals surface area contributed by atoms with Crippen molar-refractivity contribution in [1.29, 1.82) is 0 Å². The van der Waals surface area contributed by atoms with Crippen LogP contribution < -0.4 is 0 Å². The summed E-state index contributed by atoms with van der Waals surface area (Å²) in [6, 6.07) is 3.97. The summed E-state index contributed by atoms with van der Waals surface area (Å²) in [5.41, 5.74) is 1.49. The molecule has 0 radical (unpaired) electrons. The Morgan fingerprint density at radius 3 is 2.64 bits per heavy atom. The molecular weight excluding hydrogens is 365 g/mol. The normalized spacial score (nSPS) is 11.2. The SMILES string of the molecule is CSc1cc(C(=O)n2c(C)c(CC(=O)O)c3cc(O)c(F)cc32)cs1. The van der Waals surface area contributed by atoms with Gasteiger partial charge >= 0.3 is 5.97 Å². The second-order valence-corrected chi connectivity index (χ2v) is 7.47. The number of thiophene rings is 1. The lowest BCUT2D eigenvalue weighted by molar-refractivity contribution is -0.136. The number of carboxylic acid groups (broad SMARTS) is 1. The predicted octanol–water partition coefficient (Wildman–Crippen LogP) is 3.89. The van der Waals surface area contributed by atoms with E-state index in [0.717, 1.165) is 10.3 Å². The van der Waals surface area contributed by atoms with Crippen molar-refractivity contribution < 1.29 is 24.2 Å². The molecule has 3 rings (SSSR count). The number of fused-ring (bicyclic) bond motifs is 1. The maximum atomic E-state index is 13.9. The molecule has 0 saturated carbocycles. The fourth-order valence-electron chi connectivity index (χ4n) is 2.79. The number of aromatic hydroxyl groups is 1. The highest BCUT2D eigenvalue weighted by atomic mass is 32.2. The number of rotatable bonds is 4. The monoisotopic (exact) mass is 379 g/mol. The molecule has 0 saturated heterocycles. The maximum absolute atomic E-state index is 13.9. The van der Waals surface area contributed by atoms with Gasteiger partial charge in [0.25, 0.3) is 5.91 Å². The van der Waals surface area contributed by atoms with E-state index in [1.807, 2.05) is 6.26 Å². The van der Waals surface area contributed by atoms with E-state index in [2.05, 4.69) is 0 Å². The zero-order chi connectivity index (χ0) is 18.3. The van der Waals surface area contributed by atoms with Crippen LogP contribution in [0, 0.1) is 12.7 Å². The van der Waals surface area contributed by atoms with Crippen LogP contribution in [0.25, 0.3) is 10.9 Å². The number of carbonyl (C=O) groups excluding carboxylic acids is 1. The van der Waals surface area contributed by atoms with E-state index in [-0.39, 0.29) is 17.8 Å². The molecule has 8 heteroatoms. The molecule has 2 N–H and O–H groups in total. The molecule has 0 bridgehead atoms. The number of benzene rings is 1. The molecule has 3 aromatic rings. The Labute approximate surface area is 150 Å². The van der Waals surface area contributed by atoms with Crippen molar-refractivity contribution in [2.24, 2.45) is 0 Å². The standard InChI is InChI=1S/C17H14FNO4S2/c1-8-10(5-15(21)22)11-4-14(20)12(18)6-13(11)19(8)17(23)9-3-16(24-2)25-7-9/h3-4,6-7,20H,5H2,1-2H3,(H,21,22). The number of phenols is 1. The van der Waals surface area contributed by atoms with Gasteiger partial charge in [0.15, 0.2) is 11.6 Å². The highest BCUT2D eigenvalue weighted by molar-refractivity contribution is 8.00. The summed E-state index contributed by atoms with van der Waals surface area (Å²) in [7, 11) is 0. The van der Waals surface area contributed by atoms with E-state index in [1.165, 1.54) is 33.7 Å². The number of nitrogens with zero attached hydrogens (tertiary/aromatic N) is 1. The summed E-state index contributed by atoms with van der Waals surface area (Å²) in [5.74, 6) is -2.88. The zero-order valence-electron chi connectivity index (χ0n) is 13.4. The Morgan fingerprint density at radius 1 is 1.32 bits per heavy atom. The van der Waals surface area contributed by atoms with Crippen molar-refractivity contribution in [2.75, 3.05) is 6.26 Å². The summed E-state index contributed by atoms with van der Waals surface area (Å²) in [6.45, 7) is 1.62. The molecule has 2 heterocycles. The number of thioether (sulfide) groups is 1. The Morgan fingerprint density at radius 2 is 2.04 bits per heavy atom. The first-order chi connectivity index (χ1) is 11.8. The van der Waals surface area contributed by atoms with Crippen molar-refractivity contribution in [2.45, 2.75) is 17.6 Å². The third-order valence-electron chi connectivity index (χ3n) is 3.96. The summed E-state index contributed by atoms with van der Waals surface area (Å²) in [4.78, 5) is 24.1. The van der Waals surface area contributed by atoms with Gasteiger partial charge in [-0.1, -0.05) is 0 Å². The number of phenolic OH excluding ortho intramolecular Hbond substituents is 1. The van der Waals surface area contributed by atoms with Crippen molar-refractivity contribution in [3.63, 3.8) is 0 Å². The minimum absolute atomic E-state index is 0.242. The van der Waals surface area contributed by atoms with Crippen molar-refractivity contribution in [3.8, 4) is 5.75 Å². The Kier molecular flexibility index (Phi) is 4.57. The number of hydrogen-bond donors (Lipinski definition) is 2. The number of hydrogen-bond acceptors (Lipinski definition) is 5. The molecule has 25 heavy (non-hydrogen) atoms. The lowest BCUT2D eigenvalue weighted by Crippen LogP contribution is -2.13. The first kappa shape index (κ1) is 17.5. The fourth-order valence-corrected chi connectivity index (χ4v) is 4.17. The van der Waals surface area contributed by atoms with Gasteiger partial charge in [-0.2, -0.15) is 0 Å². The topological polar surface area (TPSA) is 79.5 Å². The first-order valence-electron chi connectivity index (χ1n) is 7.25. The quantitative estimate of drug-likeness (QED) is 0.672. The summed E-state index contributed by atoms with van der Waals surface area (Å²) in [5, 5.41) is 20.9. The van der Waals surface area contributed by atoms with E-state index in [4.69, 9.17) is 5.11 Å². The van der Waals surface area contributed by atoms with Gasteiger partial charge < -0.3 is 10.2 Å². The molecule has 0 fully saturated rings. The second kappa shape index (κ2) is 6.53. The molecule has 0 aliphatic carbocycles. The highest BCUT2D eigenvalue weighted by Crippen LogP contribution is 2.33. The number of aliphatic carboxylic acids is 1. The average Bonchev–Trinajstić information content (AvgIpc) is 3.12. The molecule has 0 unspecified atom stereocenters. The van der Waals surface area contributed by atoms with Crippen LogP contribution in [-0.4, -0.2) is 32.9 Å².